The molecular formula is C41H33F2N9O3. The summed E-state index contributed by atoms with van der Waals surface area (Å²) in [6.45, 7) is 0.161. The molecule has 6 aromatic heterocycles. The van der Waals surface area contributed by atoms with Crippen molar-refractivity contribution in [2.45, 2.75) is 13.1 Å². The molecule has 0 bridgehead atoms. The average Bonchev–Trinajstić information content (AvgIpc) is 3.21. The molecule has 0 aliphatic carbocycles. The minimum absolute atomic E-state index is 0.0735. The van der Waals surface area contributed by atoms with Gasteiger partial charge in [0.2, 0.25) is 5.88 Å². The van der Waals surface area contributed by atoms with Crippen molar-refractivity contribution in [2.75, 3.05) is 26.1 Å². The van der Waals surface area contributed by atoms with E-state index < -0.39 is 5.82 Å². The van der Waals surface area contributed by atoms with Gasteiger partial charge in [0.05, 0.1) is 43.9 Å². The third-order valence-electron chi connectivity index (χ3n) is 8.77. The molecule has 0 aliphatic heterocycles. The molecule has 55 heavy (non-hydrogen) atoms. The number of benzene rings is 2. The number of halogens is 2. The van der Waals surface area contributed by atoms with Crippen molar-refractivity contribution in [2.24, 2.45) is 0 Å². The van der Waals surface area contributed by atoms with Gasteiger partial charge in [0.15, 0.2) is 11.0 Å². The first-order valence-electron chi connectivity index (χ1n) is 17.0. The molecule has 0 fully saturated rings. The molecule has 12 nitrogen and oxygen atoms in total. The fraction of sp³-hybridized carbons (Fsp3) is 0.122. The molecule has 0 saturated carbocycles. The molecule has 0 N–H and O–H groups in total. The molecule has 0 saturated heterocycles. The number of fused-ring (bicyclic) bond motifs is 2. The Bertz CT molecular complexity index is 2790. The topological polar surface area (TPSA) is 134 Å². The molecule has 0 radical (unpaired) electrons. The van der Waals surface area contributed by atoms with Crippen molar-refractivity contribution >= 4 is 27.9 Å². The predicted octanol–water partition coefficient (Wildman–Crippen LogP) is 6.16. The van der Waals surface area contributed by atoms with E-state index in [1.165, 1.54) is 47.2 Å². The lowest BCUT2D eigenvalue weighted by Gasteiger charge is -2.13. The van der Waals surface area contributed by atoms with Gasteiger partial charge in [-0.05, 0) is 76.9 Å². The van der Waals surface area contributed by atoms with Crippen LogP contribution in [0.15, 0.2) is 132 Å². The van der Waals surface area contributed by atoms with E-state index in [0.717, 1.165) is 22.5 Å². The molecule has 8 aromatic rings. The number of pyridine rings is 4. The summed E-state index contributed by atoms with van der Waals surface area (Å²) in [6.07, 6.45) is 9.21. The zero-order valence-electron chi connectivity index (χ0n) is 30.0. The quantitative estimate of drug-likeness (QED) is 0.179. The van der Waals surface area contributed by atoms with E-state index in [-0.39, 0.29) is 41.1 Å². The van der Waals surface area contributed by atoms with E-state index in [9.17, 15) is 18.4 Å². The van der Waals surface area contributed by atoms with E-state index in [1.54, 1.807) is 73.2 Å². The van der Waals surface area contributed by atoms with Crippen molar-refractivity contribution < 1.29 is 13.5 Å². The smallest absolute Gasteiger partial charge is 0.280 e. The Hall–Kier alpha value is -7.22. The molecule has 6 heterocycles. The van der Waals surface area contributed by atoms with Crippen molar-refractivity contribution in [3.63, 3.8) is 0 Å². The summed E-state index contributed by atoms with van der Waals surface area (Å²) >= 11 is 0. The van der Waals surface area contributed by atoms with Gasteiger partial charge in [-0.3, -0.25) is 18.7 Å². The Balaban J connectivity index is 0.000000169. The fourth-order valence-corrected chi connectivity index (χ4v) is 5.82. The maximum Gasteiger partial charge on any atom is 0.280 e. The minimum atomic E-state index is -0.406. The summed E-state index contributed by atoms with van der Waals surface area (Å²) in [4.78, 5) is 51.9. The molecule has 0 amide bonds. The Labute approximate surface area is 313 Å². The lowest BCUT2D eigenvalue weighted by atomic mass is 10.0. The third-order valence-corrected chi connectivity index (χ3v) is 8.77. The van der Waals surface area contributed by atoms with Crippen LogP contribution in [-0.2, 0) is 13.1 Å². The van der Waals surface area contributed by atoms with Crippen molar-refractivity contribution in [1.29, 1.82) is 0 Å². The average molecular weight is 738 g/mol. The van der Waals surface area contributed by atoms with Gasteiger partial charge in [-0.1, -0.05) is 24.3 Å². The second-order valence-electron chi connectivity index (χ2n) is 12.6. The summed E-state index contributed by atoms with van der Waals surface area (Å²) in [5.41, 5.74) is 4.88. The van der Waals surface area contributed by atoms with Gasteiger partial charge in [0.25, 0.3) is 11.1 Å². The first kappa shape index (κ1) is 36.2. The second-order valence-corrected chi connectivity index (χ2v) is 12.6. The van der Waals surface area contributed by atoms with Gasteiger partial charge >= 0.3 is 0 Å². The SMILES string of the molecule is CN(C)c1cc(-c2ccc(Cn3cnc4cccnc4c3=O)c(F)c2)ccn1.COc1cc(-c2ccc(Cn3cnc4cccnc4c3=O)c(F)c2)ccn1. The van der Waals surface area contributed by atoms with E-state index in [4.69, 9.17) is 4.74 Å². The standard InChI is InChI=1S/C21H18FN5O.C20H15FN4O2/c1-26(2)19-11-15(7-9-23-19)14-5-6-16(17(22)10-14)12-27-13-25-18-4-3-8-24-20(18)21(27)28;1-27-18-10-14(6-8-22-18)13-4-5-15(16(21)9-13)11-25-12-24-17-3-2-7-23-19(17)20(25)26/h3-11,13H,12H2,1-2H3;2-10,12H,11H2,1H3. The van der Waals surface area contributed by atoms with Crippen LogP contribution in [0.1, 0.15) is 11.1 Å². The highest BCUT2D eigenvalue weighted by Gasteiger charge is 2.12. The van der Waals surface area contributed by atoms with Crippen LogP contribution in [-0.4, -0.2) is 60.2 Å². The fourth-order valence-electron chi connectivity index (χ4n) is 5.82. The molecule has 274 valence electrons. The van der Waals surface area contributed by atoms with Gasteiger partial charge in [0, 0.05) is 56.1 Å². The van der Waals surface area contributed by atoms with Crippen molar-refractivity contribution in [3.05, 3.63) is 166 Å². The highest BCUT2D eigenvalue weighted by Crippen LogP contribution is 2.26. The van der Waals surface area contributed by atoms with Gasteiger partial charge < -0.3 is 9.64 Å². The molecule has 0 atom stereocenters. The summed E-state index contributed by atoms with van der Waals surface area (Å²) in [5.74, 6) is 0.464. The Morgan fingerprint density at radius 3 is 1.56 bits per heavy atom. The maximum atomic E-state index is 14.7. The van der Waals surface area contributed by atoms with Crippen molar-refractivity contribution in [3.8, 4) is 28.1 Å². The van der Waals surface area contributed by atoms with Crippen LogP contribution in [0, 0.1) is 11.6 Å². The zero-order valence-corrected chi connectivity index (χ0v) is 30.0. The summed E-state index contributed by atoms with van der Waals surface area (Å²) in [7, 11) is 5.33. The van der Waals surface area contributed by atoms with Crippen LogP contribution in [0.2, 0.25) is 0 Å². The number of nitrogens with zero attached hydrogens (tertiary/aromatic N) is 9. The maximum absolute atomic E-state index is 14.7. The molecule has 8 rings (SSSR count). The van der Waals surface area contributed by atoms with Gasteiger partial charge in [0.1, 0.15) is 17.5 Å². The first-order chi connectivity index (χ1) is 26.7. The number of ether oxygens (including phenoxy) is 1. The minimum Gasteiger partial charge on any atom is -0.481 e. The highest BCUT2D eigenvalue weighted by atomic mass is 19.1. The molecule has 0 unspecified atom stereocenters. The van der Waals surface area contributed by atoms with E-state index in [1.807, 2.05) is 37.2 Å². The summed E-state index contributed by atoms with van der Waals surface area (Å²) in [6, 6.07) is 24.0. The highest BCUT2D eigenvalue weighted by molar-refractivity contribution is 5.73. The molecule has 0 spiro atoms. The third kappa shape index (κ3) is 7.93. The van der Waals surface area contributed by atoms with Crippen LogP contribution in [0.25, 0.3) is 44.3 Å². The van der Waals surface area contributed by atoms with Gasteiger partial charge in [-0.2, -0.15) is 0 Å². The van der Waals surface area contributed by atoms with Crippen molar-refractivity contribution in [1.82, 2.24) is 39.0 Å². The van der Waals surface area contributed by atoms with Crippen LogP contribution >= 0.6 is 0 Å². The van der Waals surface area contributed by atoms with E-state index in [0.29, 0.717) is 33.6 Å². The Morgan fingerprint density at radius 2 is 1.07 bits per heavy atom. The number of hydrogen-bond donors (Lipinski definition) is 0. The van der Waals surface area contributed by atoms with Crippen LogP contribution in [0.3, 0.4) is 0 Å². The molecule has 0 aliphatic rings. The second kappa shape index (κ2) is 15.8. The van der Waals surface area contributed by atoms with Crippen LogP contribution in [0.4, 0.5) is 14.6 Å². The molecule has 14 heteroatoms. The lowest BCUT2D eigenvalue weighted by Crippen LogP contribution is -2.22. The predicted molar refractivity (Wildman–Crippen MR) is 206 cm³/mol. The molecule has 2 aromatic carbocycles. The number of rotatable bonds is 8. The Morgan fingerprint density at radius 1 is 0.582 bits per heavy atom. The largest absolute Gasteiger partial charge is 0.481 e. The van der Waals surface area contributed by atoms with Crippen LogP contribution < -0.4 is 20.8 Å². The number of methoxy groups -OCH3 is 1. The van der Waals surface area contributed by atoms with Gasteiger partial charge in [-0.25, -0.2) is 38.7 Å². The lowest BCUT2D eigenvalue weighted by molar-refractivity contribution is 0.398. The zero-order chi connectivity index (χ0) is 38.5. The summed E-state index contributed by atoms with van der Waals surface area (Å²) in [5, 5.41) is 0. The number of anilines is 1. The molecular weight excluding hydrogens is 705 g/mol. The van der Waals surface area contributed by atoms with E-state index in [2.05, 4.69) is 29.9 Å². The number of hydrogen-bond acceptors (Lipinski definition) is 10. The van der Waals surface area contributed by atoms with Gasteiger partial charge in [-0.15, -0.1) is 0 Å². The van der Waals surface area contributed by atoms with Crippen LogP contribution in [0.5, 0.6) is 5.88 Å². The van der Waals surface area contributed by atoms with E-state index >= 15 is 0 Å². The Kier molecular flexibility index (Phi) is 10.4. The monoisotopic (exact) mass is 737 g/mol. The number of aromatic nitrogens is 8. The normalized spacial score (nSPS) is 10.9. The first-order valence-corrected chi connectivity index (χ1v) is 17.0. The summed E-state index contributed by atoms with van der Waals surface area (Å²) < 4.78 is 37.2.